The molecule has 0 spiro atoms. The van der Waals surface area contributed by atoms with E-state index in [2.05, 4.69) is 45.9 Å². The maximum Gasteiger partial charge on any atom is 0.121 e. The fourth-order valence-electron chi connectivity index (χ4n) is 3.66. The summed E-state index contributed by atoms with van der Waals surface area (Å²) in [6.45, 7) is 15.0. The van der Waals surface area contributed by atoms with Crippen LogP contribution in [0.25, 0.3) is 0 Å². The Morgan fingerprint density at radius 1 is 0.607 bits per heavy atom. The van der Waals surface area contributed by atoms with Gasteiger partial charge in [0.1, 0.15) is 26.4 Å². The molecule has 0 saturated heterocycles. The molecule has 1 aliphatic carbocycles. The van der Waals surface area contributed by atoms with Crippen LogP contribution in [-0.4, -0.2) is 69.3 Å². The Balaban J connectivity index is 3.28. The van der Waals surface area contributed by atoms with Gasteiger partial charge in [0.25, 0.3) is 0 Å². The molecule has 0 radical (unpaired) electrons. The molecule has 10 nitrogen and oxygen atoms in total. The summed E-state index contributed by atoms with van der Waals surface area (Å²) in [6, 6.07) is -0.463. The van der Waals surface area contributed by atoms with Crippen molar-refractivity contribution in [1.82, 2.24) is 9.80 Å². The molecule has 0 aromatic carbocycles. The molecule has 4 N–H and O–H groups in total. The van der Waals surface area contributed by atoms with Crippen molar-refractivity contribution in [2.24, 2.45) is 0 Å². The summed E-state index contributed by atoms with van der Waals surface area (Å²) >= 11 is 0. The first kappa shape index (κ1) is 24.3. The van der Waals surface area contributed by atoms with Crippen molar-refractivity contribution in [2.75, 3.05) is 26.4 Å². The van der Waals surface area contributed by atoms with Gasteiger partial charge in [0.15, 0.2) is 0 Å². The molecule has 28 heavy (non-hydrogen) atoms. The van der Waals surface area contributed by atoms with E-state index in [0.717, 1.165) is 25.7 Å². The van der Waals surface area contributed by atoms with Gasteiger partial charge in [0.05, 0.1) is 12.1 Å². The van der Waals surface area contributed by atoms with Crippen LogP contribution < -0.4 is 0 Å². The van der Waals surface area contributed by atoms with Crippen LogP contribution in [0.2, 0.25) is 0 Å². The van der Waals surface area contributed by atoms with Crippen molar-refractivity contribution >= 4 is 0 Å². The van der Waals surface area contributed by atoms with Crippen molar-refractivity contribution in [1.29, 1.82) is 0 Å². The Labute approximate surface area is 164 Å². The fourth-order valence-corrected chi connectivity index (χ4v) is 3.66. The molecule has 1 rings (SSSR count). The second-order valence-electron chi connectivity index (χ2n) is 6.52. The molecule has 0 bridgehead atoms. The highest BCUT2D eigenvalue weighted by molar-refractivity contribution is 5.18. The van der Waals surface area contributed by atoms with Crippen LogP contribution in [-0.2, 0) is 19.6 Å². The second-order valence-corrected chi connectivity index (χ2v) is 6.52. The largest absolute Gasteiger partial charge is 0.340 e. The summed E-state index contributed by atoms with van der Waals surface area (Å²) in [5, 5.41) is 35.4. The third-order valence-corrected chi connectivity index (χ3v) is 4.64. The van der Waals surface area contributed by atoms with Gasteiger partial charge < -0.3 is 9.80 Å². The van der Waals surface area contributed by atoms with Gasteiger partial charge in [-0.05, 0) is 12.8 Å². The van der Waals surface area contributed by atoms with Crippen LogP contribution in [0.5, 0.6) is 0 Å². The summed E-state index contributed by atoms with van der Waals surface area (Å²) in [5.74, 6) is 0. The zero-order chi connectivity index (χ0) is 21.1. The molecule has 1 saturated carbocycles. The van der Waals surface area contributed by atoms with Gasteiger partial charge in [-0.1, -0.05) is 39.2 Å². The Morgan fingerprint density at radius 3 is 1.07 bits per heavy atom. The number of hydrogen-bond acceptors (Lipinski definition) is 10. The van der Waals surface area contributed by atoms with Gasteiger partial charge in [-0.15, -0.1) is 0 Å². The van der Waals surface area contributed by atoms with Gasteiger partial charge in [-0.3, -0.25) is 21.0 Å². The van der Waals surface area contributed by atoms with E-state index in [1.54, 1.807) is 9.80 Å². The average Bonchev–Trinajstić information content (AvgIpc) is 2.64. The first-order valence-corrected chi connectivity index (χ1v) is 8.77. The first-order chi connectivity index (χ1) is 13.4. The van der Waals surface area contributed by atoms with Crippen molar-refractivity contribution in [2.45, 2.75) is 37.8 Å². The van der Waals surface area contributed by atoms with E-state index < -0.39 is 0 Å². The smallest absolute Gasteiger partial charge is 0.121 e. The van der Waals surface area contributed by atoms with E-state index in [1.807, 2.05) is 0 Å². The molecule has 0 aliphatic heterocycles. The Hall–Kier alpha value is -1.76. The normalized spacial score (nSPS) is 19.1. The molecule has 1 fully saturated rings. The average molecular weight is 402 g/mol. The van der Waals surface area contributed by atoms with Gasteiger partial charge >= 0.3 is 0 Å². The minimum absolute atomic E-state index is 0.172. The Kier molecular flexibility index (Phi) is 11.0. The van der Waals surface area contributed by atoms with Gasteiger partial charge in [-0.2, -0.15) is 0 Å². The minimum Gasteiger partial charge on any atom is -0.340 e. The summed E-state index contributed by atoms with van der Waals surface area (Å²) in [4.78, 5) is 20.4. The standard InChI is InChI=1S/C18H30N2O8/c1-13(9-25-21)19(14(2)10-26-22)17-7-5-6-8-18(17)20(15(3)11-27-23)16(4)12-28-24/h17-18,21-24H,1-12H2. The predicted molar refractivity (Wildman–Crippen MR) is 101 cm³/mol. The highest BCUT2D eigenvalue weighted by Gasteiger charge is 2.37. The van der Waals surface area contributed by atoms with E-state index in [-0.39, 0.29) is 38.5 Å². The molecule has 0 heterocycles. The van der Waals surface area contributed by atoms with E-state index >= 15 is 0 Å². The summed E-state index contributed by atoms with van der Waals surface area (Å²) in [6.07, 6.45) is 3.27. The Bertz CT molecular complexity index is 470. The zero-order valence-corrected chi connectivity index (χ0v) is 16.0. The summed E-state index contributed by atoms with van der Waals surface area (Å²) in [5.41, 5.74) is 1.65. The van der Waals surface area contributed by atoms with Gasteiger partial charge in [-0.25, -0.2) is 19.6 Å². The minimum atomic E-state index is -0.232. The monoisotopic (exact) mass is 402 g/mol. The zero-order valence-electron chi connectivity index (χ0n) is 16.0. The predicted octanol–water partition coefficient (Wildman–Crippen LogP) is 2.91. The number of nitrogens with zero attached hydrogens (tertiary/aromatic N) is 2. The second kappa shape index (κ2) is 12.6. The highest BCUT2D eigenvalue weighted by Crippen LogP contribution is 2.34. The molecule has 2 unspecified atom stereocenters. The summed E-state index contributed by atoms with van der Waals surface area (Å²) < 4.78 is 0. The third-order valence-electron chi connectivity index (χ3n) is 4.64. The lowest BCUT2D eigenvalue weighted by atomic mass is 9.86. The van der Waals surface area contributed by atoms with E-state index in [1.165, 1.54) is 0 Å². The molecule has 10 heteroatoms. The molecule has 160 valence electrons. The van der Waals surface area contributed by atoms with Crippen LogP contribution in [0.3, 0.4) is 0 Å². The molecule has 0 aromatic rings. The maximum atomic E-state index is 8.86. The van der Waals surface area contributed by atoms with E-state index in [4.69, 9.17) is 21.0 Å². The molecule has 0 aromatic heterocycles. The van der Waals surface area contributed by atoms with E-state index in [9.17, 15) is 0 Å². The van der Waals surface area contributed by atoms with Crippen molar-refractivity contribution in [3.8, 4) is 0 Å². The lowest BCUT2D eigenvalue weighted by molar-refractivity contribution is -0.244. The van der Waals surface area contributed by atoms with Crippen LogP contribution in [0.15, 0.2) is 49.1 Å². The highest BCUT2D eigenvalue weighted by atomic mass is 17.1. The fraction of sp³-hybridized carbons (Fsp3) is 0.556. The topological polar surface area (TPSA) is 124 Å². The van der Waals surface area contributed by atoms with Crippen LogP contribution in [0.4, 0.5) is 0 Å². The molecular formula is C18H30N2O8. The van der Waals surface area contributed by atoms with Gasteiger partial charge in [0, 0.05) is 22.8 Å². The molecular weight excluding hydrogens is 372 g/mol. The summed E-state index contributed by atoms with van der Waals surface area (Å²) in [7, 11) is 0. The molecule has 0 amide bonds. The third kappa shape index (κ3) is 6.40. The lowest BCUT2D eigenvalue weighted by Crippen LogP contribution is -2.53. The molecule has 2 atom stereocenters. The van der Waals surface area contributed by atoms with Crippen LogP contribution >= 0.6 is 0 Å². The number of rotatable bonds is 14. The lowest BCUT2D eigenvalue weighted by Gasteiger charge is -2.48. The maximum absolute atomic E-state index is 8.86. The van der Waals surface area contributed by atoms with Crippen LogP contribution in [0.1, 0.15) is 25.7 Å². The van der Waals surface area contributed by atoms with Crippen molar-refractivity contribution < 1.29 is 40.6 Å². The first-order valence-electron chi connectivity index (χ1n) is 8.77. The quantitative estimate of drug-likeness (QED) is 0.255. The SMILES string of the molecule is C=C(COO)N(C(=C)COO)C1CCCCC1N(C(=C)COO)C(=C)COO. The van der Waals surface area contributed by atoms with E-state index in [0.29, 0.717) is 22.8 Å². The Morgan fingerprint density at radius 2 is 0.857 bits per heavy atom. The van der Waals surface area contributed by atoms with Crippen LogP contribution in [0, 0.1) is 0 Å². The van der Waals surface area contributed by atoms with Gasteiger partial charge in [0.2, 0.25) is 0 Å². The van der Waals surface area contributed by atoms with Crippen molar-refractivity contribution in [3.05, 3.63) is 49.1 Å². The molecule has 1 aliphatic rings. The number of hydrogen-bond donors (Lipinski definition) is 4. The van der Waals surface area contributed by atoms with Crippen molar-refractivity contribution in [3.63, 3.8) is 0 Å².